The highest BCUT2D eigenvalue weighted by Crippen LogP contribution is 2.26. The number of urea groups is 1. The Kier molecular flexibility index (Phi) is 5.70. The topological polar surface area (TPSA) is 72.5 Å². The summed E-state index contributed by atoms with van der Waals surface area (Å²) in [6.07, 6.45) is 1.75. The van der Waals surface area contributed by atoms with Crippen molar-refractivity contribution < 1.29 is 14.3 Å². The number of pyridine rings is 1. The van der Waals surface area contributed by atoms with Crippen LogP contribution in [-0.4, -0.2) is 25.2 Å². The molecule has 0 saturated carbocycles. The average Bonchev–Trinajstić information content (AvgIpc) is 3.21. The third-order valence-electron chi connectivity index (χ3n) is 3.66. The Labute approximate surface area is 155 Å². The van der Waals surface area contributed by atoms with Crippen LogP contribution in [0, 0.1) is 0 Å². The predicted octanol–water partition coefficient (Wildman–Crippen LogP) is 4.15. The predicted molar refractivity (Wildman–Crippen MR) is 103 cm³/mol. The summed E-state index contributed by atoms with van der Waals surface area (Å²) < 4.78 is 10.4. The summed E-state index contributed by atoms with van der Waals surface area (Å²) in [7, 11) is 3.13. The largest absolute Gasteiger partial charge is 0.497 e. The van der Waals surface area contributed by atoms with Gasteiger partial charge in [-0.1, -0.05) is 6.07 Å². The first-order chi connectivity index (χ1) is 12.7. The molecule has 0 bridgehead atoms. The van der Waals surface area contributed by atoms with Crippen molar-refractivity contribution in [2.75, 3.05) is 19.5 Å². The molecule has 0 saturated heterocycles. The highest BCUT2D eigenvalue weighted by Gasteiger charge is 2.07. The van der Waals surface area contributed by atoms with Gasteiger partial charge in [0.05, 0.1) is 24.8 Å². The van der Waals surface area contributed by atoms with Crippen LogP contribution < -0.4 is 20.1 Å². The van der Waals surface area contributed by atoms with Gasteiger partial charge in [0.1, 0.15) is 11.5 Å². The molecule has 2 N–H and O–H groups in total. The van der Waals surface area contributed by atoms with Gasteiger partial charge >= 0.3 is 6.03 Å². The second kappa shape index (κ2) is 8.35. The first-order valence-electron chi connectivity index (χ1n) is 7.94. The van der Waals surface area contributed by atoms with Gasteiger partial charge < -0.3 is 20.1 Å². The SMILES string of the molecule is COc1cc(NC(=O)NCc2ccnc(-c3cccs3)c2)cc(OC)c1. The Morgan fingerprint density at radius 2 is 1.88 bits per heavy atom. The molecule has 0 spiro atoms. The number of amides is 2. The Balaban J connectivity index is 1.62. The van der Waals surface area contributed by atoms with E-state index < -0.39 is 0 Å². The fraction of sp³-hybridized carbons (Fsp3) is 0.158. The van der Waals surface area contributed by atoms with Crippen LogP contribution in [0.25, 0.3) is 10.6 Å². The van der Waals surface area contributed by atoms with E-state index in [0.717, 1.165) is 16.1 Å². The van der Waals surface area contributed by atoms with Crippen molar-refractivity contribution in [1.82, 2.24) is 10.3 Å². The highest BCUT2D eigenvalue weighted by molar-refractivity contribution is 7.13. The molecule has 6 nitrogen and oxygen atoms in total. The summed E-state index contributed by atoms with van der Waals surface area (Å²) in [4.78, 5) is 17.6. The molecule has 2 amide bonds. The van der Waals surface area contributed by atoms with Gasteiger partial charge in [-0.25, -0.2) is 4.79 Å². The van der Waals surface area contributed by atoms with Gasteiger partial charge in [0, 0.05) is 36.6 Å². The van der Waals surface area contributed by atoms with Crippen molar-refractivity contribution in [3.8, 4) is 22.1 Å². The van der Waals surface area contributed by atoms with Gasteiger partial charge in [-0.3, -0.25) is 4.98 Å². The van der Waals surface area contributed by atoms with Gasteiger partial charge in [-0.05, 0) is 29.1 Å². The molecule has 7 heteroatoms. The first-order valence-corrected chi connectivity index (χ1v) is 8.82. The minimum atomic E-state index is -0.310. The summed E-state index contributed by atoms with van der Waals surface area (Å²) in [5.74, 6) is 1.21. The quantitative estimate of drug-likeness (QED) is 0.685. The highest BCUT2D eigenvalue weighted by atomic mass is 32.1. The van der Waals surface area contributed by atoms with Crippen molar-refractivity contribution in [2.24, 2.45) is 0 Å². The van der Waals surface area contributed by atoms with E-state index in [1.165, 1.54) is 0 Å². The fourth-order valence-electron chi connectivity index (χ4n) is 2.38. The second-order valence-corrected chi connectivity index (χ2v) is 6.38. The van der Waals surface area contributed by atoms with Crippen LogP contribution in [0.4, 0.5) is 10.5 Å². The number of anilines is 1. The van der Waals surface area contributed by atoms with E-state index in [2.05, 4.69) is 15.6 Å². The van der Waals surface area contributed by atoms with Crippen LogP contribution in [0.15, 0.2) is 54.0 Å². The maximum absolute atomic E-state index is 12.2. The number of hydrogen-bond donors (Lipinski definition) is 2. The number of nitrogens with one attached hydrogen (secondary N) is 2. The molecule has 0 aliphatic carbocycles. The van der Waals surface area contributed by atoms with Crippen LogP contribution in [0.3, 0.4) is 0 Å². The molecule has 0 unspecified atom stereocenters. The third-order valence-corrected chi connectivity index (χ3v) is 4.55. The summed E-state index contributed by atoms with van der Waals surface area (Å²) in [5, 5.41) is 7.63. The van der Waals surface area contributed by atoms with Gasteiger partial charge in [0.2, 0.25) is 0 Å². The molecule has 0 radical (unpaired) electrons. The van der Waals surface area contributed by atoms with E-state index in [-0.39, 0.29) is 6.03 Å². The molecule has 2 aromatic heterocycles. The first kappa shape index (κ1) is 17.8. The van der Waals surface area contributed by atoms with Crippen molar-refractivity contribution in [3.05, 3.63) is 59.6 Å². The van der Waals surface area contributed by atoms with Crippen molar-refractivity contribution in [2.45, 2.75) is 6.54 Å². The lowest BCUT2D eigenvalue weighted by Crippen LogP contribution is -2.28. The molecular weight excluding hydrogens is 350 g/mol. The van der Waals surface area contributed by atoms with Gasteiger partial charge in [0.15, 0.2) is 0 Å². The second-order valence-electron chi connectivity index (χ2n) is 5.44. The molecule has 1 aromatic carbocycles. The number of nitrogens with zero attached hydrogens (tertiary/aromatic N) is 1. The number of rotatable bonds is 6. The lowest BCUT2D eigenvalue weighted by atomic mass is 10.2. The van der Waals surface area contributed by atoms with Crippen molar-refractivity contribution in [3.63, 3.8) is 0 Å². The number of benzene rings is 1. The lowest BCUT2D eigenvalue weighted by Gasteiger charge is -2.11. The minimum absolute atomic E-state index is 0.310. The van der Waals surface area contributed by atoms with Gasteiger partial charge in [-0.2, -0.15) is 0 Å². The molecule has 3 rings (SSSR count). The maximum Gasteiger partial charge on any atom is 0.319 e. The number of methoxy groups -OCH3 is 2. The van der Waals surface area contributed by atoms with Crippen LogP contribution in [-0.2, 0) is 6.54 Å². The normalized spacial score (nSPS) is 10.2. The van der Waals surface area contributed by atoms with Gasteiger partial charge in [-0.15, -0.1) is 11.3 Å². The number of aromatic nitrogens is 1. The average molecular weight is 369 g/mol. The molecule has 0 atom stereocenters. The zero-order valence-electron chi connectivity index (χ0n) is 14.5. The van der Waals surface area contributed by atoms with Crippen molar-refractivity contribution in [1.29, 1.82) is 0 Å². The molecule has 2 heterocycles. The Hall–Kier alpha value is -3.06. The Morgan fingerprint density at radius 3 is 2.54 bits per heavy atom. The van der Waals surface area contributed by atoms with E-state index in [9.17, 15) is 4.79 Å². The standard InChI is InChI=1S/C19H19N3O3S/c1-24-15-9-14(10-16(11-15)25-2)22-19(23)21-12-13-5-6-20-17(8-13)18-4-3-7-26-18/h3-11H,12H2,1-2H3,(H2,21,22,23). The van der Waals surface area contributed by atoms with Crippen LogP contribution in [0.1, 0.15) is 5.56 Å². The zero-order chi connectivity index (χ0) is 18.4. The minimum Gasteiger partial charge on any atom is -0.497 e. The van der Waals surface area contributed by atoms with Crippen LogP contribution >= 0.6 is 11.3 Å². The third kappa shape index (κ3) is 4.52. The summed E-state index contributed by atoms with van der Waals surface area (Å²) in [5.41, 5.74) is 2.46. The fourth-order valence-corrected chi connectivity index (χ4v) is 3.07. The van der Waals surface area contributed by atoms with E-state index >= 15 is 0 Å². The number of thiophene rings is 1. The van der Waals surface area contributed by atoms with Crippen molar-refractivity contribution >= 4 is 23.1 Å². The molecule has 134 valence electrons. The number of ether oxygens (including phenoxy) is 2. The van der Waals surface area contributed by atoms with Crippen LogP contribution in [0.2, 0.25) is 0 Å². The summed E-state index contributed by atoms with van der Waals surface area (Å²) >= 11 is 1.63. The summed E-state index contributed by atoms with van der Waals surface area (Å²) in [6, 6.07) is 12.7. The number of carbonyl (C=O) groups is 1. The lowest BCUT2D eigenvalue weighted by molar-refractivity contribution is 0.251. The Bertz CT molecular complexity index is 859. The maximum atomic E-state index is 12.2. The van der Waals surface area contributed by atoms with E-state index in [1.807, 2.05) is 29.6 Å². The zero-order valence-corrected chi connectivity index (χ0v) is 15.3. The number of carbonyl (C=O) groups excluding carboxylic acids is 1. The number of hydrogen-bond acceptors (Lipinski definition) is 5. The smallest absolute Gasteiger partial charge is 0.319 e. The molecule has 0 aliphatic heterocycles. The molecule has 0 aliphatic rings. The summed E-state index contributed by atoms with van der Waals surface area (Å²) in [6.45, 7) is 0.397. The van der Waals surface area contributed by atoms with E-state index in [1.54, 1.807) is 50.0 Å². The van der Waals surface area contributed by atoms with E-state index in [0.29, 0.717) is 23.7 Å². The molecule has 0 fully saturated rings. The molecule has 26 heavy (non-hydrogen) atoms. The molecular formula is C19H19N3O3S. The van der Waals surface area contributed by atoms with Crippen LogP contribution in [0.5, 0.6) is 11.5 Å². The Morgan fingerprint density at radius 1 is 1.12 bits per heavy atom. The van der Waals surface area contributed by atoms with E-state index in [4.69, 9.17) is 9.47 Å². The monoisotopic (exact) mass is 369 g/mol. The molecule has 3 aromatic rings. The van der Waals surface area contributed by atoms with Gasteiger partial charge in [0.25, 0.3) is 0 Å².